The van der Waals surface area contributed by atoms with Crippen molar-refractivity contribution in [1.82, 2.24) is 4.31 Å². The number of carbonyl (C=O) groups excluding carboxylic acids is 1. The minimum atomic E-state index is -3.64. The molecule has 0 radical (unpaired) electrons. The molecule has 150 valence electrons. The number of rotatable bonds is 5. The van der Waals surface area contributed by atoms with E-state index in [0.29, 0.717) is 29.4 Å². The first kappa shape index (κ1) is 20.6. The molecule has 6 nitrogen and oxygen atoms in total. The number of hydrogen-bond acceptors (Lipinski definition) is 4. The average Bonchev–Trinajstić information content (AvgIpc) is 2.98. The molecule has 0 saturated carbocycles. The van der Waals surface area contributed by atoms with Gasteiger partial charge in [-0.2, -0.15) is 4.31 Å². The maximum Gasteiger partial charge on any atom is 0.257 e. The van der Waals surface area contributed by atoms with Crippen molar-refractivity contribution in [1.29, 1.82) is 0 Å². The Morgan fingerprint density at radius 2 is 1.75 bits per heavy atom. The number of nitrogens with zero attached hydrogens (tertiary/aromatic N) is 1. The quantitative estimate of drug-likeness (QED) is 0.784. The molecule has 0 bridgehead atoms. The highest BCUT2D eigenvalue weighted by Gasteiger charge is 2.26. The van der Waals surface area contributed by atoms with Crippen LogP contribution in [0.25, 0.3) is 0 Å². The SMILES string of the molecule is COc1ccc(S(=O)(=O)N2CCCCCC2)cc1NC(=O)c1ccccc1Cl. The van der Waals surface area contributed by atoms with Gasteiger partial charge < -0.3 is 10.1 Å². The maximum atomic E-state index is 13.1. The zero-order valence-electron chi connectivity index (χ0n) is 15.7. The first-order valence-corrected chi connectivity index (χ1v) is 11.0. The Morgan fingerprint density at radius 3 is 2.39 bits per heavy atom. The van der Waals surface area contributed by atoms with Crippen LogP contribution in [0.3, 0.4) is 0 Å². The number of carbonyl (C=O) groups is 1. The molecule has 1 N–H and O–H groups in total. The van der Waals surface area contributed by atoms with E-state index in [1.165, 1.54) is 23.5 Å². The highest BCUT2D eigenvalue weighted by Crippen LogP contribution is 2.30. The van der Waals surface area contributed by atoms with Gasteiger partial charge in [-0.25, -0.2) is 8.42 Å². The molecule has 0 aliphatic carbocycles. The van der Waals surface area contributed by atoms with Crippen molar-refractivity contribution >= 4 is 33.2 Å². The number of ether oxygens (including phenoxy) is 1. The van der Waals surface area contributed by atoms with Gasteiger partial charge in [0, 0.05) is 13.1 Å². The molecule has 28 heavy (non-hydrogen) atoms. The molecule has 0 aromatic heterocycles. The number of halogens is 1. The molecule has 3 rings (SSSR count). The van der Waals surface area contributed by atoms with Crippen LogP contribution in [0.4, 0.5) is 5.69 Å². The molecule has 8 heteroatoms. The molecule has 1 aliphatic heterocycles. The number of sulfonamides is 1. The fourth-order valence-electron chi connectivity index (χ4n) is 3.21. The number of anilines is 1. The summed E-state index contributed by atoms with van der Waals surface area (Å²) >= 11 is 6.09. The molecule has 1 saturated heterocycles. The van der Waals surface area contributed by atoms with Gasteiger partial charge in [0.15, 0.2) is 0 Å². The van der Waals surface area contributed by atoms with Crippen molar-refractivity contribution in [3.63, 3.8) is 0 Å². The van der Waals surface area contributed by atoms with Crippen molar-refractivity contribution in [2.24, 2.45) is 0 Å². The van der Waals surface area contributed by atoms with Crippen LogP contribution >= 0.6 is 11.6 Å². The van der Waals surface area contributed by atoms with Gasteiger partial charge in [0.25, 0.3) is 5.91 Å². The Kier molecular flexibility index (Phi) is 6.59. The minimum Gasteiger partial charge on any atom is -0.495 e. The summed E-state index contributed by atoms with van der Waals surface area (Å²) in [5.41, 5.74) is 0.579. The zero-order chi connectivity index (χ0) is 20.1. The molecule has 1 amide bonds. The van der Waals surface area contributed by atoms with Gasteiger partial charge in [0.1, 0.15) is 5.75 Å². The molecule has 0 atom stereocenters. The van der Waals surface area contributed by atoms with E-state index < -0.39 is 15.9 Å². The van der Waals surface area contributed by atoms with Gasteiger partial charge >= 0.3 is 0 Å². The lowest BCUT2D eigenvalue weighted by atomic mass is 10.2. The molecule has 2 aromatic rings. The fraction of sp³-hybridized carbons (Fsp3) is 0.350. The number of nitrogens with one attached hydrogen (secondary N) is 1. The summed E-state index contributed by atoms with van der Waals surface area (Å²) in [6, 6.07) is 11.1. The number of hydrogen-bond donors (Lipinski definition) is 1. The predicted octanol–water partition coefficient (Wildman–Crippen LogP) is 4.17. The molecule has 0 spiro atoms. The van der Waals surface area contributed by atoms with E-state index in [1.54, 1.807) is 30.3 Å². The van der Waals surface area contributed by atoms with Crippen molar-refractivity contribution in [2.75, 3.05) is 25.5 Å². The monoisotopic (exact) mass is 422 g/mol. The third-order valence-corrected chi connectivity index (χ3v) is 6.96. The number of methoxy groups -OCH3 is 1. The van der Waals surface area contributed by atoms with E-state index in [0.717, 1.165) is 25.7 Å². The van der Waals surface area contributed by atoms with Gasteiger partial charge in [0.2, 0.25) is 10.0 Å². The molecule has 1 fully saturated rings. The van der Waals surface area contributed by atoms with Crippen LogP contribution in [-0.2, 0) is 10.0 Å². The van der Waals surface area contributed by atoms with Crippen LogP contribution in [0.5, 0.6) is 5.75 Å². The largest absolute Gasteiger partial charge is 0.495 e. The number of amides is 1. The van der Waals surface area contributed by atoms with Crippen LogP contribution in [0.2, 0.25) is 5.02 Å². The highest BCUT2D eigenvalue weighted by atomic mass is 35.5. The summed E-state index contributed by atoms with van der Waals surface area (Å²) in [5, 5.41) is 3.03. The fourth-order valence-corrected chi connectivity index (χ4v) is 4.98. The summed E-state index contributed by atoms with van der Waals surface area (Å²) < 4.78 is 32.9. The van der Waals surface area contributed by atoms with E-state index in [-0.39, 0.29) is 10.6 Å². The lowest BCUT2D eigenvalue weighted by molar-refractivity contribution is 0.102. The predicted molar refractivity (Wildman–Crippen MR) is 110 cm³/mol. The Balaban J connectivity index is 1.91. The summed E-state index contributed by atoms with van der Waals surface area (Å²) in [7, 11) is -2.18. The Hall–Kier alpha value is -2.09. The first-order chi connectivity index (χ1) is 13.4. The van der Waals surface area contributed by atoms with E-state index in [1.807, 2.05) is 0 Å². The molecule has 1 heterocycles. The smallest absolute Gasteiger partial charge is 0.257 e. The Morgan fingerprint density at radius 1 is 1.07 bits per heavy atom. The third-order valence-electron chi connectivity index (χ3n) is 4.74. The van der Waals surface area contributed by atoms with Crippen molar-refractivity contribution in [2.45, 2.75) is 30.6 Å². The minimum absolute atomic E-state index is 0.129. The van der Waals surface area contributed by atoms with Crippen molar-refractivity contribution < 1.29 is 17.9 Å². The summed E-state index contributed by atoms with van der Waals surface area (Å²) in [4.78, 5) is 12.7. The van der Waals surface area contributed by atoms with Gasteiger partial charge in [0.05, 0.1) is 28.3 Å². The highest BCUT2D eigenvalue weighted by molar-refractivity contribution is 7.89. The Labute approximate surface area is 170 Å². The number of benzene rings is 2. The molecule has 2 aromatic carbocycles. The topological polar surface area (TPSA) is 75.7 Å². The van der Waals surface area contributed by atoms with Crippen LogP contribution in [-0.4, -0.2) is 38.8 Å². The van der Waals surface area contributed by atoms with Gasteiger partial charge in [-0.15, -0.1) is 0 Å². The molecular formula is C20H23ClN2O4S. The zero-order valence-corrected chi connectivity index (χ0v) is 17.2. The van der Waals surface area contributed by atoms with E-state index >= 15 is 0 Å². The van der Waals surface area contributed by atoms with Crippen molar-refractivity contribution in [3.8, 4) is 5.75 Å². The lowest BCUT2D eigenvalue weighted by Crippen LogP contribution is -2.32. The summed E-state index contributed by atoms with van der Waals surface area (Å²) in [6.07, 6.45) is 3.78. The van der Waals surface area contributed by atoms with E-state index in [9.17, 15) is 13.2 Å². The second kappa shape index (κ2) is 8.94. The van der Waals surface area contributed by atoms with Crippen LogP contribution in [0, 0.1) is 0 Å². The van der Waals surface area contributed by atoms with E-state index in [4.69, 9.17) is 16.3 Å². The van der Waals surface area contributed by atoms with E-state index in [2.05, 4.69) is 5.32 Å². The third kappa shape index (κ3) is 4.48. The first-order valence-electron chi connectivity index (χ1n) is 9.17. The van der Waals surface area contributed by atoms with Crippen molar-refractivity contribution in [3.05, 3.63) is 53.1 Å². The normalized spacial score (nSPS) is 15.6. The molecular weight excluding hydrogens is 400 g/mol. The standard InChI is InChI=1S/C20H23ClN2O4S/c1-27-19-11-10-15(28(25,26)23-12-6-2-3-7-13-23)14-18(19)22-20(24)16-8-4-5-9-17(16)21/h4-5,8-11,14H,2-3,6-7,12-13H2,1H3,(H,22,24). The molecule has 1 aliphatic rings. The maximum absolute atomic E-state index is 13.1. The molecule has 0 unspecified atom stereocenters. The summed E-state index contributed by atoms with van der Waals surface area (Å²) in [6.45, 7) is 1.02. The Bertz CT molecular complexity index is 954. The van der Waals surface area contributed by atoms with Crippen LogP contribution in [0.1, 0.15) is 36.0 Å². The lowest BCUT2D eigenvalue weighted by Gasteiger charge is -2.21. The van der Waals surface area contributed by atoms with Crippen LogP contribution < -0.4 is 10.1 Å². The van der Waals surface area contributed by atoms with Gasteiger partial charge in [-0.3, -0.25) is 4.79 Å². The average molecular weight is 423 g/mol. The van der Waals surface area contributed by atoms with Gasteiger partial charge in [-0.05, 0) is 43.2 Å². The summed E-state index contributed by atoms with van der Waals surface area (Å²) in [5.74, 6) is -0.0663. The van der Waals surface area contributed by atoms with Gasteiger partial charge in [-0.1, -0.05) is 36.6 Å². The van der Waals surface area contributed by atoms with Crippen LogP contribution in [0.15, 0.2) is 47.4 Å². The second-order valence-electron chi connectivity index (χ2n) is 6.61. The second-order valence-corrected chi connectivity index (χ2v) is 8.96.